The topological polar surface area (TPSA) is 57.7 Å². The summed E-state index contributed by atoms with van der Waals surface area (Å²) >= 11 is 5.89. The summed E-state index contributed by atoms with van der Waals surface area (Å²) in [4.78, 5) is 12.8. The van der Waals surface area contributed by atoms with Crippen molar-refractivity contribution in [2.75, 3.05) is 27.2 Å². The Kier molecular flexibility index (Phi) is 7.28. The second-order valence-corrected chi connectivity index (χ2v) is 8.16. The van der Waals surface area contributed by atoms with Gasteiger partial charge in [-0.15, -0.1) is 0 Å². The first-order chi connectivity index (χ1) is 11.4. The van der Waals surface area contributed by atoms with Gasteiger partial charge in [-0.1, -0.05) is 24.9 Å². The largest absolute Gasteiger partial charge is 0.406 e. The highest BCUT2D eigenvalue weighted by Gasteiger charge is 2.33. The van der Waals surface area contributed by atoms with Gasteiger partial charge in [0.2, 0.25) is 10.0 Å². The third kappa shape index (κ3) is 5.86. The number of amides is 1. The molecule has 0 bridgehead atoms. The molecule has 1 aromatic rings. The van der Waals surface area contributed by atoms with E-state index in [1.165, 1.54) is 26.2 Å². The van der Waals surface area contributed by atoms with Crippen LogP contribution in [0.1, 0.15) is 30.1 Å². The second-order valence-electron chi connectivity index (χ2n) is 5.63. The number of carbonyl (C=O) groups excluding carboxylic acids is 1. The van der Waals surface area contributed by atoms with Crippen molar-refractivity contribution in [2.24, 2.45) is 0 Å². The van der Waals surface area contributed by atoms with Gasteiger partial charge in [-0.2, -0.15) is 13.2 Å². The standard InChI is InChI=1S/C15H20ClF3N2O3S/c1-4-5-8-21(10-15(17,18)19)14(22)11-6-7-12(16)13(9-11)25(23,24)20(2)3/h6-7,9H,4-5,8,10H2,1-3H3. The highest BCUT2D eigenvalue weighted by molar-refractivity contribution is 7.89. The summed E-state index contributed by atoms with van der Waals surface area (Å²) in [6, 6.07) is 3.42. The van der Waals surface area contributed by atoms with E-state index < -0.39 is 28.7 Å². The molecule has 5 nitrogen and oxygen atoms in total. The van der Waals surface area contributed by atoms with Crippen LogP contribution in [0.15, 0.2) is 23.1 Å². The Morgan fingerprint density at radius 2 is 1.84 bits per heavy atom. The van der Waals surface area contributed by atoms with Crippen molar-refractivity contribution in [1.82, 2.24) is 9.21 Å². The van der Waals surface area contributed by atoms with E-state index in [2.05, 4.69) is 0 Å². The van der Waals surface area contributed by atoms with E-state index in [1.54, 1.807) is 6.92 Å². The average Bonchev–Trinajstić information content (AvgIpc) is 2.49. The molecule has 25 heavy (non-hydrogen) atoms. The van der Waals surface area contributed by atoms with Crippen molar-refractivity contribution in [1.29, 1.82) is 0 Å². The second kappa shape index (κ2) is 8.37. The van der Waals surface area contributed by atoms with Gasteiger partial charge in [0.25, 0.3) is 5.91 Å². The van der Waals surface area contributed by atoms with Gasteiger partial charge in [0.1, 0.15) is 11.4 Å². The van der Waals surface area contributed by atoms with Crippen LogP contribution in [0, 0.1) is 0 Å². The molecule has 0 atom stereocenters. The maximum atomic E-state index is 12.7. The molecule has 0 aromatic heterocycles. The summed E-state index contributed by atoms with van der Waals surface area (Å²) in [5.74, 6) is -0.891. The molecule has 10 heteroatoms. The lowest BCUT2D eigenvalue weighted by molar-refractivity contribution is -0.140. The zero-order chi connectivity index (χ0) is 19.4. The van der Waals surface area contributed by atoms with Crippen LogP contribution in [0.4, 0.5) is 13.2 Å². The van der Waals surface area contributed by atoms with Crippen molar-refractivity contribution >= 4 is 27.5 Å². The molecule has 1 aromatic carbocycles. The number of benzene rings is 1. The van der Waals surface area contributed by atoms with Crippen LogP contribution in [-0.2, 0) is 10.0 Å². The van der Waals surface area contributed by atoms with Gasteiger partial charge in [0.15, 0.2) is 0 Å². The number of halogens is 4. The minimum atomic E-state index is -4.55. The molecule has 142 valence electrons. The van der Waals surface area contributed by atoms with Crippen molar-refractivity contribution in [3.05, 3.63) is 28.8 Å². The Morgan fingerprint density at radius 3 is 2.32 bits per heavy atom. The number of sulfonamides is 1. The zero-order valence-corrected chi connectivity index (χ0v) is 15.7. The Balaban J connectivity index is 3.26. The monoisotopic (exact) mass is 400 g/mol. The predicted molar refractivity (Wildman–Crippen MR) is 89.2 cm³/mol. The lowest BCUT2D eigenvalue weighted by Crippen LogP contribution is -2.39. The van der Waals surface area contributed by atoms with E-state index in [0.29, 0.717) is 17.7 Å². The summed E-state index contributed by atoms with van der Waals surface area (Å²) in [6.07, 6.45) is -3.53. The molecule has 0 saturated heterocycles. The number of rotatable bonds is 7. The SMILES string of the molecule is CCCCN(CC(F)(F)F)C(=O)c1ccc(Cl)c(S(=O)(=O)N(C)C)c1. The lowest BCUT2D eigenvalue weighted by atomic mass is 10.2. The molecule has 0 radical (unpaired) electrons. The summed E-state index contributed by atoms with van der Waals surface area (Å²) in [6.45, 7) is 0.317. The van der Waals surface area contributed by atoms with Crippen LogP contribution in [0.2, 0.25) is 5.02 Å². The van der Waals surface area contributed by atoms with Crippen molar-refractivity contribution in [2.45, 2.75) is 30.8 Å². The van der Waals surface area contributed by atoms with E-state index >= 15 is 0 Å². The number of nitrogens with zero attached hydrogens (tertiary/aromatic N) is 2. The molecule has 0 N–H and O–H groups in total. The number of carbonyl (C=O) groups is 1. The zero-order valence-electron chi connectivity index (χ0n) is 14.1. The molecule has 0 fully saturated rings. The third-order valence-corrected chi connectivity index (χ3v) is 5.67. The van der Waals surface area contributed by atoms with Crippen molar-refractivity contribution in [3.63, 3.8) is 0 Å². The molecule has 0 spiro atoms. The van der Waals surface area contributed by atoms with E-state index in [1.807, 2.05) is 0 Å². The van der Waals surface area contributed by atoms with Crippen LogP contribution in [0.5, 0.6) is 0 Å². The van der Waals surface area contributed by atoms with Gasteiger partial charge < -0.3 is 4.90 Å². The number of hydrogen-bond donors (Lipinski definition) is 0. The van der Waals surface area contributed by atoms with E-state index in [-0.39, 0.29) is 22.0 Å². The van der Waals surface area contributed by atoms with Gasteiger partial charge >= 0.3 is 6.18 Å². The molecular weight excluding hydrogens is 381 g/mol. The van der Waals surface area contributed by atoms with Gasteiger partial charge in [-0.3, -0.25) is 4.79 Å². The minimum absolute atomic E-state index is 0.0762. The van der Waals surface area contributed by atoms with Crippen LogP contribution >= 0.6 is 11.6 Å². The molecule has 0 aliphatic carbocycles. The van der Waals surface area contributed by atoms with Crippen molar-refractivity contribution < 1.29 is 26.4 Å². The summed E-state index contributed by atoms with van der Waals surface area (Å²) in [5.41, 5.74) is -0.162. The maximum absolute atomic E-state index is 12.7. The van der Waals surface area contributed by atoms with Gasteiger partial charge in [-0.05, 0) is 24.6 Å². The maximum Gasteiger partial charge on any atom is 0.406 e. The van der Waals surface area contributed by atoms with Gasteiger partial charge in [0.05, 0.1) is 5.02 Å². The molecule has 1 amide bonds. The first-order valence-corrected chi connectivity index (χ1v) is 9.30. The van der Waals surface area contributed by atoms with E-state index in [9.17, 15) is 26.4 Å². The quantitative estimate of drug-likeness (QED) is 0.705. The normalized spacial score (nSPS) is 12.5. The fourth-order valence-electron chi connectivity index (χ4n) is 2.03. The molecule has 0 aliphatic rings. The summed E-state index contributed by atoms with van der Waals surface area (Å²) < 4.78 is 63.6. The number of alkyl halides is 3. The van der Waals surface area contributed by atoms with Crippen LogP contribution in [0.25, 0.3) is 0 Å². The number of hydrogen-bond acceptors (Lipinski definition) is 3. The first-order valence-electron chi connectivity index (χ1n) is 7.48. The van der Waals surface area contributed by atoms with Crippen molar-refractivity contribution in [3.8, 4) is 0 Å². The summed E-state index contributed by atoms with van der Waals surface area (Å²) in [7, 11) is -1.35. The van der Waals surface area contributed by atoms with Gasteiger partial charge in [0, 0.05) is 26.2 Å². The summed E-state index contributed by atoms with van der Waals surface area (Å²) in [5, 5.41) is -0.110. The highest BCUT2D eigenvalue weighted by Crippen LogP contribution is 2.26. The lowest BCUT2D eigenvalue weighted by Gasteiger charge is -2.24. The molecule has 1 rings (SSSR count). The fourth-order valence-corrected chi connectivity index (χ4v) is 3.42. The smallest absolute Gasteiger partial charge is 0.330 e. The first kappa shape index (κ1) is 21.7. The van der Waals surface area contributed by atoms with E-state index in [4.69, 9.17) is 11.6 Å². The van der Waals surface area contributed by atoms with Crippen LogP contribution < -0.4 is 0 Å². The molecule has 0 unspecified atom stereocenters. The van der Waals surface area contributed by atoms with E-state index in [0.717, 1.165) is 10.4 Å². The third-order valence-electron chi connectivity index (χ3n) is 3.38. The number of unbranched alkanes of at least 4 members (excludes halogenated alkanes) is 1. The highest BCUT2D eigenvalue weighted by atomic mass is 35.5. The molecule has 0 aliphatic heterocycles. The Morgan fingerprint density at radius 1 is 1.24 bits per heavy atom. The Hall–Kier alpha value is -1.32. The fraction of sp³-hybridized carbons (Fsp3) is 0.533. The molecular formula is C15H20ClF3N2O3S. The molecule has 0 heterocycles. The van der Waals surface area contributed by atoms with Crippen LogP contribution in [0.3, 0.4) is 0 Å². The molecule has 0 saturated carbocycles. The Bertz CT molecular complexity index is 721. The van der Waals surface area contributed by atoms with Gasteiger partial charge in [-0.25, -0.2) is 12.7 Å². The minimum Gasteiger partial charge on any atom is -0.330 e. The van der Waals surface area contributed by atoms with Crippen LogP contribution in [-0.4, -0.2) is 56.9 Å². The average molecular weight is 401 g/mol. The predicted octanol–water partition coefficient (Wildman–Crippen LogP) is 3.39. The Labute approximate surface area is 150 Å².